The Bertz CT molecular complexity index is 154. The zero-order valence-corrected chi connectivity index (χ0v) is 4.89. The number of allylic oxidation sites excluding steroid dienone is 2. The summed E-state index contributed by atoms with van der Waals surface area (Å²) in [7, 11) is 0. The van der Waals surface area contributed by atoms with Crippen molar-refractivity contribution in [3.8, 4) is 0 Å². The summed E-state index contributed by atoms with van der Waals surface area (Å²) >= 11 is 0. The van der Waals surface area contributed by atoms with Crippen molar-refractivity contribution in [1.29, 1.82) is 0 Å². The van der Waals surface area contributed by atoms with Crippen LogP contribution in [0.2, 0.25) is 0 Å². The van der Waals surface area contributed by atoms with E-state index >= 15 is 0 Å². The van der Waals surface area contributed by atoms with E-state index in [0.717, 1.165) is 11.5 Å². The van der Waals surface area contributed by atoms with Gasteiger partial charge in [-0.25, -0.2) is 4.99 Å². The summed E-state index contributed by atoms with van der Waals surface area (Å²) in [6.07, 6.45) is 5.45. The first-order chi connectivity index (χ1) is 3.80. The van der Waals surface area contributed by atoms with Gasteiger partial charge in [0, 0.05) is 13.5 Å². The molecule has 8 heavy (non-hydrogen) atoms. The first-order valence-corrected chi connectivity index (χ1v) is 2.53. The molecule has 0 unspecified atom stereocenters. The van der Waals surface area contributed by atoms with Gasteiger partial charge in [0.25, 0.3) is 0 Å². The summed E-state index contributed by atoms with van der Waals surface area (Å²) in [6, 6.07) is 0. The summed E-state index contributed by atoms with van der Waals surface area (Å²) in [4.78, 5) is 3.91. The van der Waals surface area contributed by atoms with Gasteiger partial charge in [-0.1, -0.05) is 0 Å². The van der Waals surface area contributed by atoms with Crippen molar-refractivity contribution in [2.24, 2.45) is 4.99 Å². The standard InChI is InChI=1S/C7H8N/c1-6-3-4-8-5-7(6)2/h3-5H,1H2,2H3/q+1. The Kier molecular flexibility index (Phi) is 1.20. The predicted octanol–water partition coefficient (Wildman–Crippen LogP) is 1.74. The number of hydrogen-bond acceptors (Lipinski definition) is 1. The minimum atomic E-state index is 1.06. The van der Waals surface area contributed by atoms with Crippen molar-refractivity contribution in [1.82, 2.24) is 0 Å². The highest BCUT2D eigenvalue weighted by molar-refractivity contribution is 5.82. The Morgan fingerprint density at radius 3 is 2.88 bits per heavy atom. The molecule has 1 nitrogen and oxygen atoms in total. The van der Waals surface area contributed by atoms with E-state index < -0.39 is 0 Å². The lowest BCUT2D eigenvalue weighted by atomic mass is 10.0. The summed E-state index contributed by atoms with van der Waals surface area (Å²) in [5.41, 5.74) is 1.06. The topological polar surface area (TPSA) is 12.4 Å². The van der Waals surface area contributed by atoms with Crippen LogP contribution in [0.25, 0.3) is 0 Å². The van der Waals surface area contributed by atoms with E-state index in [1.54, 1.807) is 6.20 Å². The molecule has 40 valence electrons. The van der Waals surface area contributed by atoms with Gasteiger partial charge in [-0.2, -0.15) is 0 Å². The summed E-state index contributed by atoms with van der Waals surface area (Å²) in [6.45, 7) is 5.78. The highest BCUT2D eigenvalue weighted by Gasteiger charge is 2.10. The van der Waals surface area contributed by atoms with Crippen molar-refractivity contribution < 1.29 is 0 Å². The van der Waals surface area contributed by atoms with Crippen LogP contribution in [0, 0.1) is 5.92 Å². The Labute approximate surface area is 49.4 Å². The Balaban J connectivity index is 2.74. The third kappa shape index (κ3) is 0.808. The summed E-state index contributed by atoms with van der Waals surface area (Å²) in [5, 5.41) is 0. The largest absolute Gasteiger partial charge is 0.236 e. The molecule has 1 aliphatic heterocycles. The molecule has 0 aromatic carbocycles. The normalized spacial score (nSPS) is 17.6. The maximum absolute atomic E-state index is 3.91. The lowest BCUT2D eigenvalue weighted by Gasteiger charge is -1.97. The molecule has 0 N–H and O–H groups in total. The zero-order valence-electron chi connectivity index (χ0n) is 4.89. The second kappa shape index (κ2) is 1.86. The second-order valence-corrected chi connectivity index (χ2v) is 1.80. The Hall–Kier alpha value is -0.980. The number of nitrogens with zero attached hydrogens (tertiary/aromatic N) is 1. The molecule has 1 rings (SSSR count). The van der Waals surface area contributed by atoms with E-state index in [9.17, 15) is 0 Å². The molecule has 0 aliphatic carbocycles. The van der Waals surface area contributed by atoms with Crippen molar-refractivity contribution >= 4 is 6.21 Å². The molecular weight excluding hydrogens is 98.1 g/mol. The second-order valence-electron chi connectivity index (χ2n) is 1.80. The molecule has 0 amide bonds. The van der Waals surface area contributed by atoms with Gasteiger partial charge < -0.3 is 0 Å². The molecule has 0 saturated carbocycles. The van der Waals surface area contributed by atoms with Gasteiger partial charge in [0.2, 0.25) is 0 Å². The quantitative estimate of drug-likeness (QED) is 0.417. The zero-order chi connectivity index (χ0) is 5.98. The highest BCUT2D eigenvalue weighted by Crippen LogP contribution is 2.12. The van der Waals surface area contributed by atoms with Crippen LogP contribution in [0.15, 0.2) is 29.4 Å². The maximum atomic E-state index is 3.91. The monoisotopic (exact) mass is 106 g/mol. The lowest BCUT2D eigenvalue weighted by molar-refractivity contribution is 1.29. The Morgan fingerprint density at radius 1 is 1.75 bits per heavy atom. The van der Waals surface area contributed by atoms with Gasteiger partial charge in [-0.05, 0) is 0 Å². The number of rotatable bonds is 0. The molecule has 0 aromatic rings. The van der Waals surface area contributed by atoms with Gasteiger partial charge in [0.15, 0.2) is 0 Å². The molecular formula is C7H8N+. The first-order valence-electron chi connectivity index (χ1n) is 2.53. The van der Waals surface area contributed by atoms with Crippen LogP contribution in [0.1, 0.15) is 6.92 Å². The minimum Gasteiger partial charge on any atom is -0.236 e. The summed E-state index contributed by atoms with van der Waals surface area (Å²) in [5.74, 6) is 1.15. The minimum absolute atomic E-state index is 1.06. The molecule has 0 aromatic heterocycles. The highest BCUT2D eigenvalue weighted by atomic mass is 14.7. The van der Waals surface area contributed by atoms with E-state index in [2.05, 4.69) is 11.6 Å². The average molecular weight is 106 g/mol. The number of hydrogen-bond donors (Lipinski definition) is 0. The third-order valence-corrected chi connectivity index (χ3v) is 1.14. The SMILES string of the molecule is C=C1C=CN=C[C+]1C. The Morgan fingerprint density at radius 2 is 2.50 bits per heavy atom. The average Bonchev–Trinajstić information content (AvgIpc) is 1.77. The maximum Gasteiger partial charge on any atom is 0.132 e. The summed E-state index contributed by atoms with van der Waals surface area (Å²) < 4.78 is 0. The number of aliphatic imine (C=N–C) groups is 1. The van der Waals surface area contributed by atoms with Gasteiger partial charge in [-0.3, -0.25) is 0 Å². The van der Waals surface area contributed by atoms with Crippen molar-refractivity contribution in [2.75, 3.05) is 0 Å². The fourth-order valence-corrected chi connectivity index (χ4v) is 0.502. The lowest BCUT2D eigenvalue weighted by Crippen LogP contribution is -1.96. The van der Waals surface area contributed by atoms with E-state index in [1.807, 2.05) is 19.2 Å². The molecule has 0 bridgehead atoms. The van der Waals surface area contributed by atoms with Crippen LogP contribution in [0.3, 0.4) is 0 Å². The van der Waals surface area contributed by atoms with Gasteiger partial charge >= 0.3 is 0 Å². The van der Waals surface area contributed by atoms with Crippen molar-refractivity contribution in [2.45, 2.75) is 6.92 Å². The molecule has 0 radical (unpaired) electrons. The van der Waals surface area contributed by atoms with Crippen LogP contribution in [-0.2, 0) is 0 Å². The molecule has 0 fully saturated rings. The van der Waals surface area contributed by atoms with Crippen molar-refractivity contribution in [3.63, 3.8) is 0 Å². The van der Waals surface area contributed by atoms with E-state index in [-0.39, 0.29) is 0 Å². The first kappa shape index (κ1) is 5.16. The molecule has 1 aliphatic rings. The fraction of sp³-hybridized carbons (Fsp3) is 0.143. The van der Waals surface area contributed by atoms with Gasteiger partial charge in [-0.15, -0.1) is 0 Å². The van der Waals surface area contributed by atoms with Crippen molar-refractivity contribution in [3.05, 3.63) is 30.3 Å². The van der Waals surface area contributed by atoms with Crippen LogP contribution in [-0.4, -0.2) is 6.21 Å². The predicted molar refractivity (Wildman–Crippen MR) is 35.7 cm³/mol. The van der Waals surface area contributed by atoms with E-state index in [4.69, 9.17) is 0 Å². The molecule has 1 heteroatoms. The third-order valence-electron chi connectivity index (χ3n) is 1.14. The van der Waals surface area contributed by atoms with Gasteiger partial charge in [0.1, 0.15) is 5.57 Å². The van der Waals surface area contributed by atoms with Crippen LogP contribution in [0.4, 0.5) is 0 Å². The van der Waals surface area contributed by atoms with E-state index in [0.29, 0.717) is 0 Å². The fourth-order valence-electron chi connectivity index (χ4n) is 0.502. The molecule has 0 saturated heterocycles. The molecule has 0 atom stereocenters. The van der Waals surface area contributed by atoms with Crippen LogP contribution in [0.5, 0.6) is 0 Å². The van der Waals surface area contributed by atoms with Crippen LogP contribution >= 0.6 is 0 Å². The smallest absolute Gasteiger partial charge is 0.132 e. The van der Waals surface area contributed by atoms with E-state index in [1.165, 1.54) is 0 Å². The van der Waals surface area contributed by atoms with Crippen LogP contribution < -0.4 is 0 Å². The van der Waals surface area contributed by atoms with Gasteiger partial charge in [0.05, 0.1) is 24.4 Å². The molecule has 1 heterocycles. The molecule has 0 spiro atoms.